The van der Waals surface area contributed by atoms with Crippen molar-refractivity contribution in [3.05, 3.63) is 72.3 Å². The lowest BCUT2D eigenvalue weighted by molar-refractivity contribution is -0.274. The Morgan fingerprint density at radius 2 is 1.68 bits per heavy atom. The largest absolute Gasteiger partial charge is 0.573 e. The number of halogens is 3. The van der Waals surface area contributed by atoms with E-state index in [1.165, 1.54) is 30.3 Å². The topological polar surface area (TPSA) is 84.5 Å². The Balaban J connectivity index is 1.98. The van der Waals surface area contributed by atoms with Gasteiger partial charge in [0.15, 0.2) is 0 Å². The quantitative estimate of drug-likeness (QED) is 0.648. The molecule has 0 bridgehead atoms. The molecule has 150 valence electrons. The van der Waals surface area contributed by atoms with Gasteiger partial charge in [0, 0.05) is 17.8 Å². The molecule has 0 aliphatic rings. The molecule has 2 aromatic rings. The van der Waals surface area contributed by atoms with Gasteiger partial charge in [0.1, 0.15) is 5.75 Å². The van der Waals surface area contributed by atoms with Crippen molar-refractivity contribution in [1.82, 2.24) is 4.72 Å². The van der Waals surface area contributed by atoms with Crippen LogP contribution in [0.5, 0.6) is 5.75 Å². The molecular formula is C18H17F3N2O4S. The van der Waals surface area contributed by atoms with Crippen molar-refractivity contribution < 1.29 is 31.1 Å². The van der Waals surface area contributed by atoms with E-state index in [4.69, 9.17) is 0 Å². The first-order chi connectivity index (χ1) is 13.1. The number of ether oxygens (including phenoxy) is 1. The molecule has 0 fully saturated rings. The third kappa shape index (κ3) is 7.05. The Hall–Kier alpha value is -2.85. The molecule has 0 aliphatic heterocycles. The van der Waals surface area contributed by atoms with Crippen LogP contribution in [-0.2, 0) is 15.8 Å². The monoisotopic (exact) mass is 414 g/mol. The summed E-state index contributed by atoms with van der Waals surface area (Å²) in [4.78, 5) is 12.2. The van der Waals surface area contributed by atoms with Crippen molar-refractivity contribution in [1.29, 1.82) is 0 Å². The molecule has 2 N–H and O–H groups in total. The minimum atomic E-state index is -4.81. The second-order valence-electron chi connectivity index (χ2n) is 5.62. The highest BCUT2D eigenvalue weighted by Crippen LogP contribution is 2.23. The first-order valence-electron chi connectivity index (χ1n) is 7.92. The SMILES string of the molecule is C=CCNS(=O)(=O)Cc1ccc(NC(=O)c2ccc(OC(F)(F)F)cc2)cc1. The zero-order valence-electron chi connectivity index (χ0n) is 14.5. The Bertz CT molecular complexity index is 925. The van der Waals surface area contributed by atoms with E-state index in [0.29, 0.717) is 11.3 Å². The molecule has 2 rings (SSSR count). The molecule has 10 heteroatoms. The average molecular weight is 414 g/mol. The van der Waals surface area contributed by atoms with Crippen LogP contribution in [0.2, 0.25) is 0 Å². The Labute approximate surface area is 160 Å². The molecule has 28 heavy (non-hydrogen) atoms. The smallest absolute Gasteiger partial charge is 0.406 e. The number of rotatable bonds is 8. The number of carbonyl (C=O) groups is 1. The Morgan fingerprint density at radius 1 is 1.07 bits per heavy atom. The maximum absolute atomic E-state index is 12.2. The number of nitrogens with one attached hydrogen (secondary N) is 2. The molecule has 0 unspecified atom stereocenters. The summed E-state index contributed by atoms with van der Waals surface area (Å²) in [6, 6.07) is 10.6. The lowest BCUT2D eigenvalue weighted by atomic mass is 10.2. The van der Waals surface area contributed by atoms with Gasteiger partial charge in [-0.3, -0.25) is 4.79 Å². The average Bonchev–Trinajstić information content (AvgIpc) is 2.61. The molecule has 2 aromatic carbocycles. The second-order valence-corrected chi connectivity index (χ2v) is 7.43. The van der Waals surface area contributed by atoms with E-state index < -0.39 is 28.0 Å². The van der Waals surface area contributed by atoms with Crippen LogP contribution >= 0.6 is 0 Å². The minimum absolute atomic E-state index is 0.128. The van der Waals surface area contributed by atoms with Crippen LogP contribution in [0.3, 0.4) is 0 Å². The predicted molar refractivity (Wildman–Crippen MR) is 98.3 cm³/mol. The summed E-state index contributed by atoms with van der Waals surface area (Å²) < 4.78 is 66.1. The lowest BCUT2D eigenvalue weighted by Crippen LogP contribution is -2.25. The van der Waals surface area contributed by atoms with Gasteiger partial charge in [-0.15, -0.1) is 19.8 Å². The molecule has 0 aromatic heterocycles. The fourth-order valence-corrected chi connectivity index (χ4v) is 3.26. The number of hydrogen-bond acceptors (Lipinski definition) is 4. The van der Waals surface area contributed by atoms with E-state index in [2.05, 4.69) is 21.4 Å². The number of sulfonamides is 1. The Kier molecular flexibility index (Phi) is 6.81. The van der Waals surface area contributed by atoms with Crippen molar-refractivity contribution in [3.63, 3.8) is 0 Å². The number of benzene rings is 2. The van der Waals surface area contributed by atoms with Gasteiger partial charge in [-0.25, -0.2) is 13.1 Å². The number of hydrogen-bond donors (Lipinski definition) is 2. The molecule has 0 atom stereocenters. The van der Waals surface area contributed by atoms with E-state index in [1.54, 1.807) is 12.1 Å². The highest BCUT2D eigenvalue weighted by Gasteiger charge is 2.31. The van der Waals surface area contributed by atoms with Crippen molar-refractivity contribution >= 4 is 21.6 Å². The van der Waals surface area contributed by atoms with Crippen LogP contribution < -0.4 is 14.8 Å². The van der Waals surface area contributed by atoms with Gasteiger partial charge in [-0.05, 0) is 42.0 Å². The molecule has 0 aliphatic carbocycles. The van der Waals surface area contributed by atoms with Crippen LogP contribution in [0.15, 0.2) is 61.2 Å². The molecule has 0 spiro atoms. The fraction of sp³-hybridized carbons (Fsp3) is 0.167. The van der Waals surface area contributed by atoms with Gasteiger partial charge < -0.3 is 10.1 Å². The van der Waals surface area contributed by atoms with Gasteiger partial charge in [0.25, 0.3) is 5.91 Å². The molecular weight excluding hydrogens is 397 g/mol. The number of anilines is 1. The normalized spacial score (nSPS) is 11.7. The molecule has 6 nitrogen and oxygen atoms in total. The maximum atomic E-state index is 12.2. The van der Waals surface area contributed by atoms with E-state index in [9.17, 15) is 26.4 Å². The Morgan fingerprint density at radius 3 is 2.21 bits per heavy atom. The fourth-order valence-electron chi connectivity index (χ4n) is 2.15. The van der Waals surface area contributed by atoms with Crippen LogP contribution in [0.25, 0.3) is 0 Å². The summed E-state index contributed by atoms with van der Waals surface area (Å²) in [5.74, 6) is -1.19. The third-order valence-electron chi connectivity index (χ3n) is 3.37. The predicted octanol–water partition coefficient (Wildman–Crippen LogP) is 3.44. The summed E-state index contributed by atoms with van der Waals surface area (Å²) in [6.45, 7) is 3.56. The van der Waals surface area contributed by atoms with Crippen LogP contribution in [0.1, 0.15) is 15.9 Å². The van der Waals surface area contributed by atoms with Crippen molar-refractivity contribution in [2.24, 2.45) is 0 Å². The first-order valence-corrected chi connectivity index (χ1v) is 9.57. The number of carbonyl (C=O) groups excluding carboxylic acids is 1. The summed E-state index contributed by atoms with van der Waals surface area (Å²) in [5.41, 5.74) is 1.05. The third-order valence-corrected chi connectivity index (χ3v) is 4.69. The van der Waals surface area contributed by atoms with Gasteiger partial charge >= 0.3 is 6.36 Å². The van der Waals surface area contributed by atoms with E-state index in [-0.39, 0.29) is 17.9 Å². The van der Waals surface area contributed by atoms with Crippen LogP contribution in [0.4, 0.5) is 18.9 Å². The lowest BCUT2D eigenvalue weighted by Gasteiger charge is -2.10. The summed E-state index contributed by atoms with van der Waals surface area (Å²) in [5, 5.41) is 2.57. The highest BCUT2D eigenvalue weighted by molar-refractivity contribution is 7.88. The van der Waals surface area contributed by atoms with Crippen molar-refractivity contribution in [2.45, 2.75) is 12.1 Å². The van der Waals surface area contributed by atoms with Crippen LogP contribution in [-0.4, -0.2) is 27.2 Å². The number of alkyl halides is 3. The van der Waals surface area contributed by atoms with Gasteiger partial charge in [-0.1, -0.05) is 18.2 Å². The van der Waals surface area contributed by atoms with Gasteiger partial charge in [0.05, 0.1) is 5.75 Å². The van der Waals surface area contributed by atoms with Gasteiger partial charge in [0.2, 0.25) is 10.0 Å². The van der Waals surface area contributed by atoms with Gasteiger partial charge in [-0.2, -0.15) is 0 Å². The highest BCUT2D eigenvalue weighted by atomic mass is 32.2. The molecule has 0 radical (unpaired) electrons. The van der Waals surface area contributed by atoms with Crippen molar-refractivity contribution in [2.75, 3.05) is 11.9 Å². The van der Waals surface area contributed by atoms with Crippen LogP contribution in [0, 0.1) is 0 Å². The van der Waals surface area contributed by atoms with E-state index in [0.717, 1.165) is 12.1 Å². The molecule has 0 saturated carbocycles. The number of amides is 1. The summed E-state index contributed by atoms with van der Waals surface area (Å²) in [7, 11) is -3.49. The molecule has 0 heterocycles. The molecule has 1 amide bonds. The van der Waals surface area contributed by atoms with E-state index in [1.807, 2.05) is 0 Å². The molecule has 0 saturated heterocycles. The summed E-state index contributed by atoms with van der Waals surface area (Å²) in [6.07, 6.45) is -3.38. The summed E-state index contributed by atoms with van der Waals surface area (Å²) >= 11 is 0. The maximum Gasteiger partial charge on any atom is 0.573 e. The van der Waals surface area contributed by atoms with Crippen molar-refractivity contribution in [3.8, 4) is 5.75 Å². The van der Waals surface area contributed by atoms with E-state index >= 15 is 0 Å². The standard InChI is InChI=1S/C18H17F3N2O4S/c1-2-11-22-28(25,26)12-13-3-7-15(8-4-13)23-17(24)14-5-9-16(10-6-14)27-18(19,20)21/h2-10,22H,1,11-12H2,(H,23,24). The minimum Gasteiger partial charge on any atom is -0.406 e. The second kappa shape index (κ2) is 8.89. The first kappa shape index (κ1) is 21.5. The zero-order valence-corrected chi connectivity index (χ0v) is 15.3. The zero-order chi connectivity index (χ0) is 20.8.